The predicted molar refractivity (Wildman–Crippen MR) is 112 cm³/mol. The number of piperidine rings is 1. The van der Waals surface area contributed by atoms with Crippen LogP contribution in [0.25, 0.3) is 0 Å². The fraction of sp³-hybridized carbons (Fsp3) is 0.412. The number of likely N-dealkylation sites (tertiary alicyclic amines) is 1. The minimum atomic E-state index is -0.442. The van der Waals surface area contributed by atoms with Crippen LogP contribution in [0, 0.1) is 10.1 Å². The Hall–Kier alpha value is -2.17. The zero-order valence-electron chi connectivity index (χ0n) is 14.5. The smallest absolute Gasteiger partial charge is 0.306 e. The van der Waals surface area contributed by atoms with Crippen molar-refractivity contribution in [1.29, 1.82) is 0 Å². The van der Waals surface area contributed by atoms with Crippen LogP contribution in [-0.4, -0.2) is 45.2 Å². The van der Waals surface area contributed by atoms with Crippen molar-refractivity contribution in [1.82, 2.24) is 14.7 Å². The number of anilines is 1. The highest BCUT2D eigenvalue weighted by Gasteiger charge is 2.15. The van der Waals surface area contributed by atoms with Crippen molar-refractivity contribution in [2.75, 3.05) is 25.0 Å². The van der Waals surface area contributed by atoms with Crippen LogP contribution in [0.3, 0.4) is 0 Å². The first-order chi connectivity index (χ1) is 12.2. The van der Waals surface area contributed by atoms with Gasteiger partial charge in [-0.15, -0.1) is 24.0 Å². The standard InChI is InChI=1S/C17H22N6O2.HI/c24-23(25)16-13-19-22(14-16)12-9-18-17(21-10-5-2-6-11-21)20-15-7-3-1-4-8-15;/h1,3-4,7-8,13-14H,2,5-6,9-12H2,(H,18,20);1H. The van der Waals surface area contributed by atoms with E-state index in [0.29, 0.717) is 13.1 Å². The summed E-state index contributed by atoms with van der Waals surface area (Å²) in [4.78, 5) is 17.2. The molecule has 0 saturated carbocycles. The van der Waals surface area contributed by atoms with E-state index in [1.165, 1.54) is 31.7 Å². The lowest BCUT2D eigenvalue weighted by Crippen LogP contribution is -2.40. The average molecular weight is 470 g/mol. The topological polar surface area (TPSA) is 88.6 Å². The minimum Gasteiger partial charge on any atom is -0.343 e. The lowest BCUT2D eigenvalue weighted by molar-refractivity contribution is -0.385. The van der Waals surface area contributed by atoms with Crippen molar-refractivity contribution < 1.29 is 4.92 Å². The lowest BCUT2D eigenvalue weighted by atomic mass is 10.1. The van der Waals surface area contributed by atoms with E-state index < -0.39 is 4.92 Å². The summed E-state index contributed by atoms with van der Waals surface area (Å²) in [7, 11) is 0. The first-order valence-corrected chi connectivity index (χ1v) is 8.51. The predicted octanol–water partition coefficient (Wildman–Crippen LogP) is 3.36. The van der Waals surface area contributed by atoms with Gasteiger partial charge in [0.15, 0.2) is 5.96 Å². The molecular weight excluding hydrogens is 447 g/mol. The molecule has 0 aliphatic carbocycles. The number of rotatable bonds is 5. The van der Waals surface area contributed by atoms with Crippen LogP contribution < -0.4 is 5.32 Å². The molecule has 0 bridgehead atoms. The fourth-order valence-corrected chi connectivity index (χ4v) is 2.80. The molecule has 1 saturated heterocycles. The third kappa shape index (κ3) is 5.68. The van der Waals surface area contributed by atoms with Gasteiger partial charge in [0.25, 0.3) is 0 Å². The highest BCUT2D eigenvalue weighted by molar-refractivity contribution is 14.0. The van der Waals surface area contributed by atoms with E-state index in [9.17, 15) is 10.1 Å². The molecule has 1 aromatic heterocycles. The molecule has 0 amide bonds. The number of benzene rings is 1. The third-order valence-corrected chi connectivity index (χ3v) is 4.11. The second-order valence-corrected chi connectivity index (χ2v) is 5.96. The maximum atomic E-state index is 10.7. The largest absolute Gasteiger partial charge is 0.343 e. The molecule has 0 unspecified atom stereocenters. The normalized spacial score (nSPS) is 14.6. The van der Waals surface area contributed by atoms with Crippen molar-refractivity contribution in [3.63, 3.8) is 0 Å². The Bertz CT molecular complexity index is 728. The van der Waals surface area contributed by atoms with Gasteiger partial charge < -0.3 is 10.2 Å². The summed E-state index contributed by atoms with van der Waals surface area (Å²) >= 11 is 0. The second kappa shape index (κ2) is 10.1. The van der Waals surface area contributed by atoms with Crippen molar-refractivity contribution >= 4 is 41.3 Å². The molecule has 140 valence electrons. The van der Waals surface area contributed by atoms with Crippen molar-refractivity contribution in [2.45, 2.75) is 25.8 Å². The van der Waals surface area contributed by atoms with Gasteiger partial charge in [0.05, 0.1) is 18.0 Å². The number of aliphatic imine (C=N–C) groups is 1. The molecule has 1 aromatic carbocycles. The molecule has 3 rings (SSSR count). The monoisotopic (exact) mass is 470 g/mol. The molecule has 0 spiro atoms. The zero-order valence-corrected chi connectivity index (χ0v) is 16.8. The SMILES string of the molecule is I.O=[N+]([O-])c1cnn(CCN=C(Nc2ccccc2)N2CCCCC2)c1. The van der Waals surface area contributed by atoms with Gasteiger partial charge >= 0.3 is 5.69 Å². The van der Waals surface area contributed by atoms with Crippen LogP contribution in [0.1, 0.15) is 19.3 Å². The number of nitrogens with one attached hydrogen (secondary N) is 1. The van der Waals surface area contributed by atoms with Crippen LogP contribution in [0.15, 0.2) is 47.7 Å². The summed E-state index contributed by atoms with van der Waals surface area (Å²) in [5.74, 6) is 0.854. The molecule has 0 radical (unpaired) electrons. The minimum absolute atomic E-state index is 0. The van der Waals surface area contributed by atoms with Gasteiger partial charge in [-0.05, 0) is 31.4 Å². The maximum absolute atomic E-state index is 10.7. The fourth-order valence-electron chi connectivity index (χ4n) is 2.80. The number of nitrogens with zero attached hydrogens (tertiary/aromatic N) is 5. The van der Waals surface area contributed by atoms with E-state index in [4.69, 9.17) is 4.99 Å². The molecule has 1 N–H and O–H groups in total. The number of para-hydroxylation sites is 1. The summed E-state index contributed by atoms with van der Waals surface area (Å²) in [6.45, 7) is 2.99. The average Bonchev–Trinajstić information content (AvgIpc) is 3.12. The van der Waals surface area contributed by atoms with Crippen LogP contribution in [0.2, 0.25) is 0 Å². The third-order valence-electron chi connectivity index (χ3n) is 4.11. The van der Waals surface area contributed by atoms with E-state index in [0.717, 1.165) is 24.7 Å². The zero-order chi connectivity index (χ0) is 17.5. The van der Waals surface area contributed by atoms with E-state index in [-0.39, 0.29) is 29.7 Å². The van der Waals surface area contributed by atoms with E-state index in [1.54, 1.807) is 4.68 Å². The molecule has 26 heavy (non-hydrogen) atoms. The quantitative estimate of drug-likeness (QED) is 0.238. The van der Waals surface area contributed by atoms with Gasteiger partial charge in [0.2, 0.25) is 0 Å². The highest BCUT2D eigenvalue weighted by Crippen LogP contribution is 2.13. The van der Waals surface area contributed by atoms with E-state index in [1.807, 2.05) is 30.3 Å². The Morgan fingerprint density at radius 2 is 1.96 bits per heavy atom. The Balaban J connectivity index is 0.00000243. The highest BCUT2D eigenvalue weighted by atomic mass is 127. The number of hydrogen-bond acceptors (Lipinski definition) is 4. The van der Waals surface area contributed by atoms with Crippen LogP contribution in [-0.2, 0) is 6.54 Å². The molecule has 1 aliphatic heterocycles. The Labute approximate surface area is 169 Å². The molecule has 1 fully saturated rings. The molecular formula is C17H23IN6O2. The van der Waals surface area contributed by atoms with Crippen molar-refractivity contribution in [3.05, 3.63) is 52.8 Å². The molecule has 2 aromatic rings. The van der Waals surface area contributed by atoms with Crippen molar-refractivity contribution in [2.24, 2.45) is 4.99 Å². The first kappa shape index (κ1) is 20.1. The Morgan fingerprint density at radius 1 is 1.23 bits per heavy atom. The number of guanidine groups is 1. The van der Waals surface area contributed by atoms with Crippen molar-refractivity contribution in [3.8, 4) is 0 Å². The molecule has 0 atom stereocenters. The van der Waals surface area contributed by atoms with Gasteiger partial charge in [-0.3, -0.25) is 19.8 Å². The summed E-state index contributed by atoms with van der Waals surface area (Å²) < 4.78 is 1.55. The number of hydrogen-bond donors (Lipinski definition) is 1. The van der Waals surface area contributed by atoms with Gasteiger partial charge in [0.1, 0.15) is 12.4 Å². The van der Waals surface area contributed by atoms with E-state index >= 15 is 0 Å². The van der Waals surface area contributed by atoms with Crippen LogP contribution >= 0.6 is 24.0 Å². The van der Waals surface area contributed by atoms with Gasteiger partial charge in [-0.25, -0.2) is 0 Å². The van der Waals surface area contributed by atoms with Crippen LogP contribution in [0.4, 0.5) is 11.4 Å². The maximum Gasteiger partial charge on any atom is 0.306 e. The number of nitro groups is 1. The molecule has 1 aliphatic rings. The number of halogens is 1. The summed E-state index contributed by atoms with van der Waals surface area (Å²) in [6, 6.07) is 9.97. The van der Waals surface area contributed by atoms with E-state index in [2.05, 4.69) is 15.3 Å². The summed E-state index contributed by atoms with van der Waals surface area (Å²) in [6.07, 6.45) is 6.28. The second-order valence-electron chi connectivity index (χ2n) is 5.96. The Kier molecular flexibility index (Phi) is 7.82. The molecule has 8 nitrogen and oxygen atoms in total. The number of aromatic nitrogens is 2. The molecule has 9 heteroatoms. The first-order valence-electron chi connectivity index (χ1n) is 8.51. The molecule has 2 heterocycles. The summed E-state index contributed by atoms with van der Waals surface area (Å²) in [5, 5.41) is 18.1. The van der Waals surface area contributed by atoms with Gasteiger partial charge in [-0.1, -0.05) is 18.2 Å². The van der Waals surface area contributed by atoms with Crippen LogP contribution in [0.5, 0.6) is 0 Å². The lowest BCUT2D eigenvalue weighted by Gasteiger charge is -2.30. The van der Waals surface area contributed by atoms with Gasteiger partial charge in [-0.2, -0.15) is 5.10 Å². The Morgan fingerprint density at radius 3 is 2.62 bits per heavy atom. The summed E-state index contributed by atoms with van der Waals surface area (Å²) in [5.41, 5.74) is 1.00. The van der Waals surface area contributed by atoms with Gasteiger partial charge in [0, 0.05) is 18.8 Å².